The zero-order chi connectivity index (χ0) is 20.7. The number of methoxy groups -OCH3 is 1. The van der Waals surface area contributed by atoms with Crippen molar-refractivity contribution in [3.8, 4) is 11.5 Å². The Balaban J connectivity index is 1.92. The van der Waals surface area contributed by atoms with Gasteiger partial charge in [-0.2, -0.15) is 0 Å². The van der Waals surface area contributed by atoms with Crippen LogP contribution in [0.15, 0.2) is 42.5 Å². The molecule has 0 bridgehead atoms. The minimum atomic E-state index is -0.777. The highest BCUT2D eigenvalue weighted by Crippen LogP contribution is 2.27. The number of amides is 1. The highest BCUT2D eigenvalue weighted by Gasteiger charge is 2.16. The van der Waals surface area contributed by atoms with Crippen molar-refractivity contribution in [3.63, 3.8) is 0 Å². The Hall–Kier alpha value is -3.88. The maximum Gasteiger partial charge on any atom is 0.331 e. The lowest BCUT2D eigenvalue weighted by atomic mass is 10.2. The number of aromatic hydroxyl groups is 1. The molecule has 9 heteroatoms. The number of nitro benzene ring substituents is 1. The Morgan fingerprint density at radius 1 is 1.25 bits per heavy atom. The zero-order valence-corrected chi connectivity index (χ0v) is 15.2. The van der Waals surface area contributed by atoms with Gasteiger partial charge in [0.1, 0.15) is 5.69 Å². The lowest BCUT2D eigenvalue weighted by molar-refractivity contribution is -0.384. The number of rotatable bonds is 7. The van der Waals surface area contributed by atoms with Crippen LogP contribution in [0.25, 0.3) is 6.08 Å². The second kappa shape index (κ2) is 9.17. The maximum atomic E-state index is 11.9. The average Bonchev–Trinajstić information content (AvgIpc) is 2.66. The molecule has 0 saturated carbocycles. The molecule has 0 aliphatic heterocycles. The zero-order valence-electron chi connectivity index (χ0n) is 15.2. The number of nitrogens with one attached hydrogen (secondary N) is 1. The van der Waals surface area contributed by atoms with Crippen LogP contribution in [0.4, 0.5) is 11.4 Å². The van der Waals surface area contributed by atoms with Crippen molar-refractivity contribution in [1.29, 1.82) is 0 Å². The van der Waals surface area contributed by atoms with Crippen LogP contribution >= 0.6 is 0 Å². The molecular formula is C19H18N2O7. The molecule has 0 aliphatic carbocycles. The van der Waals surface area contributed by atoms with Crippen LogP contribution in [0.5, 0.6) is 11.5 Å². The van der Waals surface area contributed by atoms with Crippen molar-refractivity contribution in [3.05, 3.63) is 63.7 Å². The topological polar surface area (TPSA) is 128 Å². The first-order valence-corrected chi connectivity index (χ1v) is 8.07. The van der Waals surface area contributed by atoms with E-state index in [0.717, 1.165) is 6.08 Å². The first-order valence-electron chi connectivity index (χ1n) is 8.07. The Labute approximate surface area is 160 Å². The van der Waals surface area contributed by atoms with Crippen LogP contribution in [-0.2, 0) is 14.3 Å². The summed E-state index contributed by atoms with van der Waals surface area (Å²) >= 11 is 0. The monoisotopic (exact) mass is 386 g/mol. The number of phenolic OH excluding ortho intramolecular Hbond substituents is 1. The number of esters is 1. The molecule has 0 atom stereocenters. The van der Waals surface area contributed by atoms with Crippen LogP contribution in [0.2, 0.25) is 0 Å². The number of hydrogen-bond donors (Lipinski definition) is 2. The van der Waals surface area contributed by atoms with E-state index < -0.39 is 23.4 Å². The van der Waals surface area contributed by atoms with Gasteiger partial charge in [0.25, 0.3) is 11.6 Å². The fourth-order valence-corrected chi connectivity index (χ4v) is 2.23. The van der Waals surface area contributed by atoms with Gasteiger partial charge in [0, 0.05) is 12.1 Å². The number of nitrogens with zero attached hydrogens (tertiary/aromatic N) is 1. The minimum absolute atomic E-state index is 0.0170. The normalized spacial score (nSPS) is 10.5. The van der Waals surface area contributed by atoms with Gasteiger partial charge in [0.05, 0.1) is 12.0 Å². The molecule has 0 unspecified atom stereocenters. The third-order valence-electron chi connectivity index (χ3n) is 3.59. The van der Waals surface area contributed by atoms with E-state index in [-0.39, 0.29) is 22.9 Å². The molecule has 0 aromatic heterocycles. The molecule has 2 aromatic rings. The van der Waals surface area contributed by atoms with E-state index in [1.165, 1.54) is 37.5 Å². The molecule has 9 nitrogen and oxygen atoms in total. The van der Waals surface area contributed by atoms with E-state index in [0.29, 0.717) is 11.1 Å². The summed E-state index contributed by atoms with van der Waals surface area (Å²) in [4.78, 5) is 34.1. The second-order valence-electron chi connectivity index (χ2n) is 5.70. The summed E-state index contributed by atoms with van der Waals surface area (Å²) in [5.74, 6) is -1.28. The molecule has 0 spiro atoms. The summed E-state index contributed by atoms with van der Waals surface area (Å²) in [7, 11) is 1.40. The first kappa shape index (κ1) is 20.4. The van der Waals surface area contributed by atoms with E-state index in [1.54, 1.807) is 19.1 Å². The van der Waals surface area contributed by atoms with Gasteiger partial charge in [-0.05, 0) is 42.3 Å². The van der Waals surface area contributed by atoms with Gasteiger partial charge in [-0.3, -0.25) is 14.9 Å². The summed E-state index contributed by atoms with van der Waals surface area (Å²) in [6.45, 7) is 1.09. The number of ether oxygens (including phenoxy) is 2. The number of phenols is 1. The highest BCUT2D eigenvalue weighted by molar-refractivity contribution is 5.96. The van der Waals surface area contributed by atoms with Crippen LogP contribution in [0.3, 0.4) is 0 Å². The number of nitro groups is 1. The third-order valence-corrected chi connectivity index (χ3v) is 3.59. The quantitative estimate of drug-likeness (QED) is 0.324. The number of aryl methyl sites for hydroxylation is 1. The smallest absolute Gasteiger partial charge is 0.331 e. The summed E-state index contributed by atoms with van der Waals surface area (Å²) in [5.41, 5.74) is 1.02. The SMILES string of the molecule is COc1cc(/C=C/C(=O)OCC(=O)Nc2ccc(C)cc2[N+](=O)[O-])ccc1O. The number of carbonyl (C=O) groups is 2. The van der Waals surface area contributed by atoms with Crippen LogP contribution in [0, 0.1) is 17.0 Å². The molecule has 28 heavy (non-hydrogen) atoms. The maximum absolute atomic E-state index is 11.9. The predicted molar refractivity (Wildman–Crippen MR) is 101 cm³/mol. The van der Waals surface area contributed by atoms with Gasteiger partial charge in [-0.1, -0.05) is 12.1 Å². The molecule has 0 aliphatic rings. The Morgan fingerprint density at radius 3 is 2.68 bits per heavy atom. The van der Waals surface area contributed by atoms with Gasteiger partial charge in [0.15, 0.2) is 18.1 Å². The van der Waals surface area contributed by atoms with Crippen molar-refractivity contribution in [2.45, 2.75) is 6.92 Å². The van der Waals surface area contributed by atoms with Crippen LogP contribution < -0.4 is 10.1 Å². The molecule has 2 aromatic carbocycles. The van der Waals surface area contributed by atoms with Gasteiger partial charge < -0.3 is 19.9 Å². The summed E-state index contributed by atoms with van der Waals surface area (Å²) < 4.78 is 9.77. The standard InChI is InChI=1S/C19H18N2O7/c1-12-3-6-14(15(9-12)21(25)26)20-18(23)11-28-19(24)8-5-13-4-7-16(22)17(10-13)27-2/h3-10,22H,11H2,1-2H3,(H,20,23)/b8-5+. The number of carbonyl (C=O) groups excluding carboxylic acids is 2. The highest BCUT2D eigenvalue weighted by atomic mass is 16.6. The average molecular weight is 386 g/mol. The Kier molecular flexibility index (Phi) is 6.69. The van der Waals surface area contributed by atoms with Gasteiger partial charge in [-0.25, -0.2) is 4.79 Å². The number of benzene rings is 2. The van der Waals surface area contributed by atoms with E-state index in [4.69, 9.17) is 9.47 Å². The predicted octanol–water partition coefficient (Wildman–Crippen LogP) is 2.81. The molecule has 0 fully saturated rings. The minimum Gasteiger partial charge on any atom is -0.504 e. The van der Waals surface area contributed by atoms with E-state index >= 15 is 0 Å². The molecular weight excluding hydrogens is 368 g/mol. The van der Waals surface area contributed by atoms with Gasteiger partial charge in [-0.15, -0.1) is 0 Å². The van der Waals surface area contributed by atoms with Crippen LogP contribution in [0.1, 0.15) is 11.1 Å². The fraction of sp³-hybridized carbons (Fsp3) is 0.158. The molecule has 2 rings (SSSR count). The van der Waals surface area contributed by atoms with Gasteiger partial charge in [0.2, 0.25) is 0 Å². The third kappa shape index (κ3) is 5.56. The first-order chi connectivity index (χ1) is 13.3. The molecule has 2 N–H and O–H groups in total. The molecule has 146 valence electrons. The van der Waals surface area contributed by atoms with E-state index in [9.17, 15) is 24.8 Å². The summed E-state index contributed by atoms with van der Waals surface area (Å²) in [6, 6.07) is 8.84. The summed E-state index contributed by atoms with van der Waals surface area (Å²) in [6.07, 6.45) is 2.53. The van der Waals surface area contributed by atoms with E-state index in [1.807, 2.05) is 0 Å². The fourth-order valence-electron chi connectivity index (χ4n) is 2.23. The van der Waals surface area contributed by atoms with Crippen molar-refractivity contribution in [2.75, 3.05) is 19.0 Å². The van der Waals surface area contributed by atoms with Crippen molar-refractivity contribution >= 4 is 29.3 Å². The Bertz CT molecular complexity index is 938. The lowest BCUT2D eigenvalue weighted by Crippen LogP contribution is -2.20. The molecule has 0 radical (unpaired) electrons. The van der Waals surface area contributed by atoms with E-state index in [2.05, 4.69) is 5.32 Å². The van der Waals surface area contributed by atoms with Crippen molar-refractivity contribution < 1.29 is 29.1 Å². The lowest BCUT2D eigenvalue weighted by Gasteiger charge is -2.07. The molecule has 0 heterocycles. The molecule has 0 saturated heterocycles. The van der Waals surface area contributed by atoms with Gasteiger partial charge >= 0.3 is 5.97 Å². The molecule has 1 amide bonds. The van der Waals surface area contributed by atoms with Crippen LogP contribution in [-0.4, -0.2) is 35.6 Å². The second-order valence-corrected chi connectivity index (χ2v) is 5.70. The Morgan fingerprint density at radius 2 is 2.00 bits per heavy atom. The number of anilines is 1. The summed E-state index contributed by atoms with van der Waals surface area (Å²) in [5, 5.41) is 22.9. The number of hydrogen-bond acceptors (Lipinski definition) is 7. The largest absolute Gasteiger partial charge is 0.504 e. The van der Waals surface area contributed by atoms with Crippen molar-refractivity contribution in [2.24, 2.45) is 0 Å². The van der Waals surface area contributed by atoms with Crippen molar-refractivity contribution in [1.82, 2.24) is 0 Å².